The first kappa shape index (κ1) is 11.7. The summed E-state index contributed by atoms with van der Waals surface area (Å²) in [6.07, 6.45) is 0.879. The Morgan fingerprint density at radius 3 is 2.73 bits per heavy atom. The molecule has 1 aromatic rings. The molecule has 0 aliphatic heterocycles. The van der Waals surface area contributed by atoms with E-state index in [1.165, 1.54) is 0 Å². The summed E-state index contributed by atoms with van der Waals surface area (Å²) in [6.45, 7) is 3.48. The standard InChI is InChI=1S/C12H18N2O/c1-3-14-12(15)11-7-5-4-6-10(11)8-9-13-2/h4-7,13H,3,8-9H2,1-2H3,(H,14,15). The van der Waals surface area contributed by atoms with Crippen LogP contribution in [0.1, 0.15) is 22.8 Å². The average molecular weight is 206 g/mol. The van der Waals surface area contributed by atoms with Crippen molar-refractivity contribution in [2.24, 2.45) is 0 Å². The summed E-state index contributed by atoms with van der Waals surface area (Å²) >= 11 is 0. The Labute approximate surface area is 90.9 Å². The van der Waals surface area contributed by atoms with Gasteiger partial charge in [0.1, 0.15) is 0 Å². The van der Waals surface area contributed by atoms with Gasteiger partial charge in [0.25, 0.3) is 5.91 Å². The second-order valence-electron chi connectivity index (χ2n) is 3.37. The molecule has 0 saturated carbocycles. The van der Waals surface area contributed by atoms with Gasteiger partial charge in [0.2, 0.25) is 0 Å². The first-order valence-corrected chi connectivity index (χ1v) is 5.30. The number of hydrogen-bond acceptors (Lipinski definition) is 2. The Kier molecular flexibility index (Phi) is 4.84. The van der Waals surface area contributed by atoms with E-state index in [1.54, 1.807) is 0 Å². The number of amides is 1. The zero-order valence-corrected chi connectivity index (χ0v) is 9.34. The Morgan fingerprint density at radius 2 is 2.07 bits per heavy atom. The topological polar surface area (TPSA) is 41.1 Å². The number of nitrogens with one attached hydrogen (secondary N) is 2. The second kappa shape index (κ2) is 6.19. The third-order valence-corrected chi connectivity index (χ3v) is 2.24. The fourth-order valence-corrected chi connectivity index (χ4v) is 1.48. The first-order chi connectivity index (χ1) is 7.29. The van der Waals surface area contributed by atoms with Crippen molar-refractivity contribution in [2.45, 2.75) is 13.3 Å². The smallest absolute Gasteiger partial charge is 0.251 e. The van der Waals surface area contributed by atoms with E-state index >= 15 is 0 Å². The van der Waals surface area contributed by atoms with Crippen LogP contribution in [0.3, 0.4) is 0 Å². The highest BCUT2D eigenvalue weighted by Gasteiger charge is 2.08. The van der Waals surface area contributed by atoms with Crippen LogP contribution >= 0.6 is 0 Å². The van der Waals surface area contributed by atoms with E-state index in [1.807, 2.05) is 38.2 Å². The van der Waals surface area contributed by atoms with Crippen LogP contribution in [-0.4, -0.2) is 26.0 Å². The van der Waals surface area contributed by atoms with Gasteiger partial charge in [0.15, 0.2) is 0 Å². The van der Waals surface area contributed by atoms with E-state index in [2.05, 4.69) is 10.6 Å². The van der Waals surface area contributed by atoms with Crippen molar-refractivity contribution in [2.75, 3.05) is 20.1 Å². The molecule has 82 valence electrons. The molecule has 1 rings (SSSR count). The molecule has 2 N–H and O–H groups in total. The summed E-state index contributed by atoms with van der Waals surface area (Å²) in [4.78, 5) is 11.7. The number of rotatable bonds is 5. The Hall–Kier alpha value is -1.35. The summed E-state index contributed by atoms with van der Waals surface area (Å²) in [7, 11) is 1.91. The van der Waals surface area contributed by atoms with Gasteiger partial charge >= 0.3 is 0 Å². The third-order valence-electron chi connectivity index (χ3n) is 2.24. The van der Waals surface area contributed by atoms with Crippen LogP contribution in [0.15, 0.2) is 24.3 Å². The molecule has 0 saturated heterocycles. The molecule has 0 heterocycles. The van der Waals surface area contributed by atoms with E-state index in [0.29, 0.717) is 6.54 Å². The normalized spacial score (nSPS) is 10.0. The van der Waals surface area contributed by atoms with Crippen LogP contribution in [0.4, 0.5) is 0 Å². The van der Waals surface area contributed by atoms with Gasteiger partial charge in [-0.1, -0.05) is 18.2 Å². The van der Waals surface area contributed by atoms with Crippen molar-refractivity contribution < 1.29 is 4.79 Å². The SMILES string of the molecule is CCNC(=O)c1ccccc1CCNC. The molecule has 0 aliphatic rings. The third kappa shape index (κ3) is 3.36. The Balaban J connectivity index is 2.80. The minimum atomic E-state index is 0.0178. The zero-order chi connectivity index (χ0) is 11.1. The lowest BCUT2D eigenvalue weighted by Crippen LogP contribution is -2.24. The molecule has 0 spiro atoms. The lowest BCUT2D eigenvalue weighted by Gasteiger charge is -2.08. The van der Waals surface area contributed by atoms with Gasteiger partial charge in [-0.2, -0.15) is 0 Å². The number of likely N-dealkylation sites (N-methyl/N-ethyl adjacent to an activating group) is 1. The fraction of sp³-hybridized carbons (Fsp3) is 0.417. The molecule has 0 unspecified atom stereocenters. The summed E-state index contributed by atoms with van der Waals surface area (Å²) in [6, 6.07) is 7.74. The largest absolute Gasteiger partial charge is 0.352 e. The van der Waals surface area contributed by atoms with Crippen LogP contribution < -0.4 is 10.6 Å². The van der Waals surface area contributed by atoms with Crippen LogP contribution in [0.5, 0.6) is 0 Å². The van der Waals surface area contributed by atoms with Crippen molar-refractivity contribution in [1.82, 2.24) is 10.6 Å². The lowest BCUT2D eigenvalue weighted by atomic mass is 10.0. The average Bonchev–Trinajstić information content (AvgIpc) is 2.27. The lowest BCUT2D eigenvalue weighted by molar-refractivity contribution is 0.0955. The Morgan fingerprint density at radius 1 is 1.33 bits per heavy atom. The highest BCUT2D eigenvalue weighted by Crippen LogP contribution is 2.08. The molecule has 0 radical (unpaired) electrons. The van der Waals surface area contributed by atoms with Crippen LogP contribution in [-0.2, 0) is 6.42 Å². The second-order valence-corrected chi connectivity index (χ2v) is 3.37. The van der Waals surface area contributed by atoms with E-state index in [-0.39, 0.29) is 5.91 Å². The van der Waals surface area contributed by atoms with E-state index in [4.69, 9.17) is 0 Å². The molecule has 15 heavy (non-hydrogen) atoms. The minimum Gasteiger partial charge on any atom is -0.352 e. The summed E-state index contributed by atoms with van der Waals surface area (Å²) in [5.74, 6) is 0.0178. The molecule has 0 fully saturated rings. The first-order valence-electron chi connectivity index (χ1n) is 5.30. The van der Waals surface area contributed by atoms with E-state index in [9.17, 15) is 4.79 Å². The summed E-state index contributed by atoms with van der Waals surface area (Å²) in [5.41, 5.74) is 1.88. The number of hydrogen-bond donors (Lipinski definition) is 2. The molecule has 1 amide bonds. The zero-order valence-electron chi connectivity index (χ0n) is 9.34. The molecule has 3 heteroatoms. The van der Waals surface area contributed by atoms with Gasteiger partial charge in [0, 0.05) is 12.1 Å². The highest BCUT2D eigenvalue weighted by molar-refractivity contribution is 5.95. The Bertz CT molecular complexity index is 323. The molecule has 0 aromatic heterocycles. The number of benzene rings is 1. The maximum atomic E-state index is 11.7. The van der Waals surface area contributed by atoms with Crippen LogP contribution in [0.25, 0.3) is 0 Å². The predicted molar refractivity (Wildman–Crippen MR) is 62.1 cm³/mol. The predicted octanol–water partition coefficient (Wildman–Crippen LogP) is 1.20. The summed E-state index contributed by atoms with van der Waals surface area (Å²) in [5, 5.41) is 5.90. The minimum absolute atomic E-state index is 0.0178. The molecular formula is C12H18N2O. The molecule has 0 bridgehead atoms. The molecule has 0 atom stereocenters. The maximum absolute atomic E-state index is 11.7. The van der Waals surface area contributed by atoms with Crippen molar-refractivity contribution >= 4 is 5.91 Å². The van der Waals surface area contributed by atoms with Crippen LogP contribution in [0, 0.1) is 0 Å². The number of carbonyl (C=O) groups excluding carboxylic acids is 1. The van der Waals surface area contributed by atoms with Gasteiger partial charge in [-0.15, -0.1) is 0 Å². The monoisotopic (exact) mass is 206 g/mol. The van der Waals surface area contributed by atoms with Gasteiger partial charge in [0.05, 0.1) is 0 Å². The maximum Gasteiger partial charge on any atom is 0.251 e. The van der Waals surface area contributed by atoms with Crippen LogP contribution in [0.2, 0.25) is 0 Å². The van der Waals surface area contributed by atoms with Gasteiger partial charge < -0.3 is 10.6 Å². The summed E-state index contributed by atoms with van der Waals surface area (Å²) < 4.78 is 0. The molecular weight excluding hydrogens is 188 g/mol. The van der Waals surface area contributed by atoms with Crippen molar-refractivity contribution in [1.29, 1.82) is 0 Å². The molecule has 0 aliphatic carbocycles. The van der Waals surface area contributed by atoms with Crippen molar-refractivity contribution in [3.63, 3.8) is 0 Å². The van der Waals surface area contributed by atoms with Gasteiger partial charge in [-0.05, 0) is 38.6 Å². The van der Waals surface area contributed by atoms with Gasteiger partial charge in [-0.25, -0.2) is 0 Å². The van der Waals surface area contributed by atoms with E-state index < -0.39 is 0 Å². The van der Waals surface area contributed by atoms with Crippen molar-refractivity contribution in [3.8, 4) is 0 Å². The highest BCUT2D eigenvalue weighted by atomic mass is 16.1. The van der Waals surface area contributed by atoms with Gasteiger partial charge in [-0.3, -0.25) is 4.79 Å². The molecule has 1 aromatic carbocycles. The van der Waals surface area contributed by atoms with E-state index in [0.717, 1.165) is 24.1 Å². The number of carbonyl (C=O) groups is 1. The van der Waals surface area contributed by atoms with Crippen molar-refractivity contribution in [3.05, 3.63) is 35.4 Å². The quantitative estimate of drug-likeness (QED) is 0.760. The fourth-order valence-electron chi connectivity index (χ4n) is 1.48. The molecule has 3 nitrogen and oxygen atoms in total.